The number of thiophene rings is 1. The van der Waals surface area contributed by atoms with Crippen LogP contribution in [0.1, 0.15) is 29.7 Å². The number of rotatable bonds is 4. The highest BCUT2D eigenvalue weighted by atomic mass is 35.5. The van der Waals surface area contributed by atoms with Gasteiger partial charge < -0.3 is 4.90 Å². The van der Waals surface area contributed by atoms with E-state index in [1.165, 1.54) is 11.3 Å². The van der Waals surface area contributed by atoms with Gasteiger partial charge in [-0.15, -0.1) is 11.3 Å². The summed E-state index contributed by atoms with van der Waals surface area (Å²) in [7, 11) is 1.87. The second-order valence-corrected chi connectivity index (χ2v) is 8.05. The Labute approximate surface area is 144 Å². The normalized spacial score (nSPS) is 16.1. The standard InChI is InChI=1S/C17H17Cl2NOS/c1-20(11-14-7-8-15(19)22-14)16(21)17(9-2-10-17)12-3-5-13(18)6-4-12/h3-8H,2,9-11H2,1H3. The van der Waals surface area contributed by atoms with E-state index in [0.717, 1.165) is 34.0 Å². The van der Waals surface area contributed by atoms with Crippen LogP contribution in [0.4, 0.5) is 0 Å². The van der Waals surface area contributed by atoms with Crippen LogP contribution in [-0.4, -0.2) is 17.9 Å². The van der Waals surface area contributed by atoms with Crippen LogP contribution in [0.15, 0.2) is 36.4 Å². The highest BCUT2D eigenvalue weighted by molar-refractivity contribution is 7.16. The average Bonchev–Trinajstić information content (AvgIpc) is 2.84. The van der Waals surface area contributed by atoms with Crippen molar-refractivity contribution < 1.29 is 4.79 Å². The van der Waals surface area contributed by atoms with Crippen molar-refractivity contribution >= 4 is 40.4 Å². The first-order valence-electron chi connectivity index (χ1n) is 7.27. The number of halogens is 2. The Morgan fingerprint density at radius 3 is 2.36 bits per heavy atom. The van der Waals surface area contributed by atoms with Crippen molar-refractivity contribution in [3.8, 4) is 0 Å². The van der Waals surface area contributed by atoms with E-state index in [1.807, 2.05) is 48.3 Å². The van der Waals surface area contributed by atoms with E-state index in [9.17, 15) is 4.79 Å². The van der Waals surface area contributed by atoms with Crippen molar-refractivity contribution in [1.29, 1.82) is 0 Å². The maximum absolute atomic E-state index is 13.0. The van der Waals surface area contributed by atoms with E-state index in [-0.39, 0.29) is 11.3 Å². The lowest BCUT2D eigenvalue weighted by Gasteiger charge is -2.43. The molecule has 0 N–H and O–H groups in total. The van der Waals surface area contributed by atoms with Crippen molar-refractivity contribution in [3.05, 3.63) is 56.2 Å². The zero-order valence-electron chi connectivity index (χ0n) is 12.3. The van der Waals surface area contributed by atoms with E-state index in [2.05, 4.69) is 0 Å². The van der Waals surface area contributed by atoms with Crippen molar-refractivity contribution in [1.82, 2.24) is 4.90 Å². The molecule has 0 saturated heterocycles. The minimum Gasteiger partial charge on any atom is -0.340 e. The van der Waals surface area contributed by atoms with Gasteiger partial charge >= 0.3 is 0 Å². The van der Waals surface area contributed by atoms with Crippen LogP contribution in [0, 0.1) is 0 Å². The highest BCUT2D eigenvalue weighted by Crippen LogP contribution is 2.45. The van der Waals surface area contributed by atoms with Gasteiger partial charge in [-0.2, -0.15) is 0 Å². The Bertz CT molecular complexity index is 676. The molecule has 0 bridgehead atoms. The summed E-state index contributed by atoms with van der Waals surface area (Å²) in [5, 5.41) is 0.701. The maximum atomic E-state index is 13.0. The largest absolute Gasteiger partial charge is 0.340 e. The third-order valence-electron chi connectivity index (χ3n) is 4.38. The summed E-state index contributed by atoms with van der Waals surface area (Å²) >= 11 is 13.5. The molecular formula is C17H17Cl2NOS. The first kappa shape index (κ1) is 15.9. The van der Waals surface area contributed by atoms with Gasteiger partial charge in [0.1, 0.15) is 0 Å². The molecule has 5 heteroatoms. The Balaban J connectivity index is 1.80. The molecule has 116 valence electrons. The Hall–Kier alpha value is -1.03. The van der Waals surface area contributed by atoms with Crippen molar-refractivity contribution in [3.63, 3.8) is 0 Å². The Kier molecular flexibility index (Phi) is 4.49. The number of amides is 1. The predicted octanol–water partition coefficient (Wildman–Crippen LogP) is 5.14. The second kappa shape index (κ2) is 6.23. The minimum absolute atomic E-state index is 0.186. The fraction of sp³-hybridized carbons (Fsp3) is 0.353. The average molecular weight is 354 g/mol. The van der Waals surface area contributed by atoms with Gasteiger partial charge in [0.05, 0.1) is 16.3 Å². The molecule has 1 amide bonds. The lowest BCUT2D eigenvalue weighted by atomic mass is 9.63. The zero-order chi connectivity index (χ0) is 15.7. The molecule has 0 atom stereocenters. The monoisotopic (exact) mass is 353 g/mol. The van der Waals surface area contributed by atoms with Gasteiger partial charge in [0.25, 0.3) is 0 Å². The summed E-state index contributed by atoms with van der Waals surface area (Å²) in [4.78, 5) is 15.9. The molecule has 2 nitrogen and oxygen atoms in total. The lowest BCUT2D eigenvalue weighted by Crippen LogP contribution is -2.49. The SMILES string of the molecule is CN(Cc1ccc(Cl)s1)C(=O)C1(c2ccc(Cl)cc2)CCC1. The fourth-order valence-corrected chi connectivity index (χ4v) is 4.30. The highest BCUT2D eigenvalue weighted by Gasteiger charge is 2.46. The molecule has 1 aromatic heterocycles. The summed E-state index contributed by atoms with van der Waals surface area (Å²) in [5.41, 5.74) is 0.699. The molecule has 1 saturated carbocycles. The number of likely N-dealkylation sites (N-methyl/N-ethyl adjacent to an activating group) is 1. The summed E-state index contributed by atoms with van der Waals surface area (Å²) in [6, 6.07) is 11.5. The predicted molar refractivity (Wildman–Crippen MR) is 92.8 cm³/mol. The quantitative estimate of drug-likeness (QED) is 0.745. The zero-order valence-corrected chi connectivity index (χ0v) is 14.6. The first-order valence-corrected chi connectivity index (χ1v) is 8.84. The molecule has 0 spiro atoms. The van der Waals surface area contributed by atoms with Crippen LogP contribution >= 0.6 is 34.5 Å². The van der Waals surface area contributed by atoms with E-state index in [4.69, 9.17) is 23.2 Å². The summed E-state index contributed by atoms with van der Waals surface area (Å²) in [6.45, 7) is 0.603. The van der Waals surface area contributed by atoms with E-state index < -0.39 is 0 Å². The summed E-state index contributed by atoms with van der Waals surface area (Å²) < 4.78 is 0.756. The number of benzene rings is 1. The number of carbonyl (C=O) groups excluding carboxylic acids is 1. The van der Waals surface area contributed by atoms with Crippen molar-refractivity contribution in [2.45, 2.75) is 31.2 Å². The number of hydrogen-bond donors (Lipinski definition) is 0. The topological polar surface area (TPSA) is 20.3 Å². The molecule has 1 heterocycles. The smallest absolute Gasteiger partial charge is 0.233 e. The molecule has 0 radical (unpaired) electrons. The third-order valence-corrected chi connectivity index (χ3v) is 5.85. The Morgan fingerprint density at radius 1 is 1.18 bits per heavy atom. The minimum atomic E-state index is -0.375. The van der Waals surface area contributed by atoms with Crippen LogP contribution in [0.5, 0.6) is 0 Å². The van der Waals surface area contributed by atoms with Gasteiger partial charge in [-0.05, 0) is 42.7 Å². The first-order chi connectivity index (χ1) is 10.5. The molecule has 2 aromatic rings. The van der Waals surface area contributed by atoms with Gasteiger partial charge in [0.2, 0.25) is 5.91 Å². The molecule has 1 fully saturated rings. The number of carbonyl (C=O) groups is 1. The molecule has 0 unspecified atom stereocenters. The molecule has 3 rings (SSSR count). The second-order valence-electron chi connectivity index (χ2n) is 5.81. The van der Waals surface area contributed by atoms with E-state index in [0.29, 0.717) is 11.6 Å². The molecule has 1 aliphatic carbocycles. The summed E-state index contributed by atoms with van der Waals surface area (Å²) in [6.07, 6.45) is 2.90. The summed E-state index contributed by atoms with van der Waals surface area (Å²) in [5.74, 6) is 0.186. The molecule has 1 aliphatic rings. The molecular weight excluding hydrogens is 337 g/mol. The fourth-order valence-electron chi connectivity index (χ4n) is 3.03. The van der Waals surface area contributed by atoms with E-state index >= 15 is 0 Å². The van der Waals surface area contributed by atoms with Gasteiger partial charge in [-0.3, -0.25) is 4.79 Å². The lowest BCUT2D eigenvalue weighted by molar-refractivity contribution is -0.140. The molecule has 0 aliphatic heterocycles. The van der Waals surface area contributed by atoms with Gasteiger partial charge in [-0.1, -0.05) is 41.8 Å². The van der Waals surface area contributed by atoms with Crippen LogP contribution in [0.2, 0.25) is 9.36 Å². The van der Waals surface area contributed by atoms with Crippen LogP contribution in [-0.2, 0) is 16.8 Å². The van der Waals surface area contributed by atoms with Gasteiger partial charge in [0, 0.05) is 16.9 Å². The number of nitrogens with zero attached hydrogens (tertiary/aromatic N) is 1. The Morgan fingerprint density at radius 2 is 1.86 bits per heavy atom. The van der Waals surface area contributed by atoms with Crippen LogP contribution in [0.3, 0.4) is 0 Å². The molecule has 1 aromatic carbocycles. The van der Waals surface area contributed by atoms with Crippen molar-refractivity contribution in [2.75, 3.05) is 7.05 Å². The van der Waals surface area contributed by atoms with E-state index in [1.54, 1.807) is 0 Å². The van der Waals surface area contributed by atoms with Crippen LogP contribution < -0.4 is 0 Å². The van der Waals surface area contributed by atoms with Crippen LogP contribution in [0.25, 0.3) is 0 Å². The third kappa shape index (κ3) is 2.90. The van der Waals surface area contributed by atoms with Gasteiger partial charge in [0.15, 0.2) is 0 Å². The molecule has 22 heavy (non-hydrogen) atoms. The van der Waals surface area contributed by atoms with Crippen molar-refractivity contribution in [2.24, 2.45) is 0 Å². The maximum Gasteiger partial charge on any atom is 0.233 e. The number of hydrogen-bond acceptors (Lipinski definition) is 2. The van der Waals surface area contributed by atoms with Gasteiger partial charge in [-0.25, -0.2) is 0 Å².